The standard InChI is InChI=1S/C16H25N3O/c1-13-8-7-9-14(17)16(13)18-15(20)12-19-10-5-3-2-4-6-11-19/h7-9H,2-6,10-12,17H2,1H3,(H,18,20). The molecule has 2 rings (SSSR count). The molecule has 1 amide bonds. The number of nitrogens with one attached hydrogen (secondary N) is 1. The fourth-order valence-electron chi connectivity index (χ4n) is 2.71. The highest BCUT2D eigenvalue weighted by molar-refractivity contribution is 5.96. The van der Waals surface area contributed by atoms with E-state index in [1.807, 2.05) is 25.1 Å². The van der Waals surface area contributed by atoms with Gasteiger partial charge in [-0.3, -0.25) is 9.69 Å². The number of rotatable bonds is 3. The first-order valence-corrected chi connectivity index (χ1v) is 7.54. The molecule has 4 heteroatoms. The molecule has 1 fully saturated rings. The number of likely N-dealkylation sites (tertiary alicyclic amines) is 1. The number of anilines is 2. The number of hydrogen-bond acceptors (Lipinski definition) is 3. The lowest BCUT2D eigenvalue weighted by molar-refractivity contribution is -0.117. The van der Waals surface area contributed by atoms with Gasteiger partial charge in [0.2, 0.25) is 5.91 Å². The van der Waals surface area contributed by atoms with Gasteiger partial charge >= 0.3 is 0 Å². The lowest BCUT2D eigenvalue weighted by Crippen LogP contribution is -2.35. The Morgan fingerprint density at radius 3 is 2.50 bits per heavy atom. The second kappa shape index (κ2) is 7.29. The van der Waals surface area contributed by atoms with E-state index in [0.717, 1.165) is 24.3 Å². The molecule has 0 aromatic heterocycles. The van der Waals surface area contributed by atoms with Gasteiger partial charge in [0.1, 0.15) is 0 Å². The Morgan fingerprint density at radius 2 is 1.85 bits per heavy atom. The van der Waals surface area contributed by atoms with Crippen molar-refractivity contribution in [2.45, 2.75) is 39.0 Å². The van der Waals surface area contributed by atoms with Gasteiger partial charge in [-0.15, -0.1) is 0 Å². The van der Waals surface area contributed by atoms with Crippen LogP contribution in [0.4, 0.5) is 11.4 Å². The summed E-state index contributed by atoms with van der Waals surface area (Å²) in [6.45, 7) is 4.48. The normalized spacial score (nSPS) is 17.2. The third-order valence-electron chi connectivity index (χ3n) is 3.89. The number of hydrogen-bond donors (Lipinski definition) is 2. The average Bonchev–Trinajstić information content (AvgIpc) is 2.37. The van der Waals surface area contributed by atoms with E-state index in [-0.39, 0.29) is 5.91 Å². The zero-order valence-electron chi connectivity index (χ0n) is 12.3. The predicted molar refractivity (Wildman–Crippen MR) is 83.7 cm³/mol. The molecule has 20 heavy (non-hydrogen) atoms. The SMILES string of the molecule is Cc1cccc(N)c1NC(=O)CN1CCCCCCC1. The molecular formula is C16H25N3O. The summed E-state index contributed by atoms with van der Waals surface area (Å²) in [6.07, 6.45) is 6.28. The molecule has 1 aliphatic rings. The number of carbonyl (C=O) groups is 1. The Morgan fingerprint density at radius 1 is 1.20 bits per heavy atom. The molecule has 110 valence electrons. The minimum atomic E-state index is 0.0339. The highest BCUT2D eigenvalue weighted by atomic mass is 16.2. The maximum Gasteiger partial charge on any atom is 0.238 e. The first-order chi connectivity index (χ1) is 9.66. The van der Waals surface area contributed by atoms with Gasteiger partial charge in [0.25, 0.3) is 0 Å². The van der Waals surface area contributed by atoms with Crippen LogP contribution in [0.3, 0.4) is 0 Å². The second-order valence-electron chi connectivity index (χ2n) is 5.63. The molecule has 1 aliphatic heterocycles. The van der Waals surface area contributed by atoms with Gasteiger partial charge in [0, 0.05) is 0 Å². The summed E-state index contributed by atoms with van der Waals surface area (Å²) in [6, 6.07) is 5.68. The molecular weight excluding hydrogens is 250 g/mol. The van der Waals surface area contributed by atoms with Crippen LogP contribution in [-0.2, 0) is 4.79 Å². The molecule has 4 nitrogen and oxygen atoms in total. The molecule has 0 bridgehead atoms. The van der Waals surface area contributed by atoms with Crippen molar-refractivity contribution in [1.82, 2.24) is 4.90 Å². The van der Waals surface area contributed by atoms with Crippen LogP contribution < -0.4 is 11.1 Å². The van der Waals surface area contributed by atoms with Crippen molar-refractivity contribution in [1.29, 1.82) is 0 Å². The van der Waals surface area contributed by atoms with Crippen LogP contribution in [0.15, 0.2) is 18.2 Å². The number of amides is 1. The van der Waals surface area contributed by atoms with Gasteiger partial charge in [-0.2, -0.15) is 0 Å². The topological polar surface area (TPSA) is 58.4 Å². The van der Waals surface area contributed by atoms with Crippen LogP contribution in [0, 0.1) is 6.92 Å². The number of aryl methyl sites for hydroxylation is 1. The van der Waals surface area contributed by atoms with Crippen LogP contribution in [-0.4, -0.2) is 30.4 Å². The minimum absolute atomic E-state index is 0.0339. The van der Waals surface area contributed by atoms with Crippen LogP contribution in [0.1, 0.15) is 37.7 Å². The maximum absolute atomic E-state index is 12.2. The summed E-state index contributed by atoms with van der Waals surface area (Å²) in [7, 11) is 0. The third kappa shape index (κ3) is 4.23. The number of nitrogens with two attached hydrogens (primary N) is 1. The van der Waals surface area contributed by atoms with Crippen molar-refractivity contribution < 1.29 is 4.79 Å². The lowest BCUT2D eigenvalue weighted by atomic mass is 10.1. The van der Waals surface area contributed by atoms with E-state index in [1.54, 1.807) is 0 Å². The van der Waals surface area contributed by atoms with Gasteiger partial charge in [0.05, 0.1) is 17.9 Å². The lowest BCUT2D eigenvalue weighted by Gasteiger charge is -2.24. The highest BCUT2D eigenvalue weighted by Crippen LogP contribution is 2.22. The van der Waals surface area contributed by atoms with Gasteiger partial charge in [-0.25, -0.2) is 0 Å². The van der Waals surface area contributed by atoms with Crippen molar-refractivity contribution in [3.8, 4) is 0 Å². The van der Waals surface area contributed by atoms with Crippen molar-refractivity contribution in [2.24, 2.45) is 0 Å². The summed E-state index contributed by atoms with van der Waals surface area (Å²) in [4.78, 5) is 14.4. The largest absolute Gasteiger partial charge is 0.397 e. The summed E-state index contributed by atoms with van der Waals surface area (Å²) >= 11 is 0. The number of benzene rings is 1. The predicted octanol–water partition coefficient (Wildman–Crippen LogP) is 2.78. The Kier molecular flexibility index (Phi) is 5.41. The first-order valence-electron chi connectivity index (χ1n) is 7.54. The van der Waals surface area contributed by atoms with E-state index in [0.29, 0.717) is 12.2 Å². The quantitative estimate of drug-likeness (QED) is 0.834. The third-order valence-corrected chi connectivity index (χ3v) is 3.89. The van der Waals surface area contributed by atoms with Crippen LogP contribution in [0.5, 0.6) is 0 Å². The van der Waals surface area contributed by atoms with Crippen molar-refractivity contribution in [3.05, 3.63) is 23.8 Å². The van der Waals surface area contributed by atoms with Gasteiger partial charge in [-0.1, -0.05) is 31.4 Å². The highest BCUT2D eigenvalue weighted by Gasteiger charge is 2.14. The van der Waals surface area contributed by atoms with Crippen LogP contribution >= 0.6 is 0 Å². The van der Waals surface area contributed by atoms with Gasteiger partial charge in [-0.05, 0) is 44.5 Å². The molecule has 0 radical (unpaired) electrons. The number of carbonyl (C=O) groups excluding carboxylic acids is 1. The molecule has 1 aromatic carbocycles. The molecule has 1 heterocycles. The fourth-order valence-corrected chi connectivity index (χ4v) is 2.71. The van der Waals surface area contributed by atoms with E-state index in [9.17, 15) is 4.79 Å². The fraction of sp³-hybridized carbons (Fsp3) is 0.562. The monoisotopic (exact) mass is 275 g/mol. The molecule has 0 unspecified atom stereocenters. The maximum atomic E-state index is 12.2. The Labute approximate surface area is 121 Å². The summed E-state index contributed by atoms with van der Waals surface area (Å²) in [5.74, 6) is 0.0339. The van der Waals surface area contributed by atoms with Crippen molar-refractivity contribution >= 4 is 17.3 Å². The number of para-hydroxylation sites is 1. The summed E-state index contributed by atoms with van der Waals surface area (Å²) < 4.78 is 0. The molecule has 0 saturated carbocycles. The van der Waals surface area contributed by atoms with E-state index in [1.165, 1.54) is 32.1 Å². The smallest absolute Gasteiger partial charge is 0.238 e. The second-order valence-corrected chi connectivity index (χ2v) is 5.63. The van der Waals surface area contributed by atoms with Crippen LogP contribution in [0.2, 0.25) is 0 Å². The number of nitrogen functional groups attached to an aromatic ring is 1. The van der Waals surface area contributed by atoms with Crippen molar-refractivity contribution in [3.63, 3.8) is 0 Å². The van der Waals surface area contributed by atoms with E-state index in [2.05, 4.69) is 10.2 Å². The zero-order valence-corrected chi connectivity index (χ0v) is 12.3. The number of nitrogens with zero attached hydrogens (tertiary/aromatic N) is 1. The molecule has 0 atom stereocenters. The first kappa shape index (κ1) is 14.9. The molecule has 1 aromatic rings. The Hall–Kier alpha value is -1.55. The Balaban J connectivity index is 1.91. The summed E-state index contributed by atoms with van der Waals surface area (Å²) in [5.41, 5.74) is 8.31. The van der Waals surface area contributed by atoms with Gasteiger partial charge in [0.15, 0.2) is 0 Å². The molecule has 0 spiro atoms. The van der Waals surface area contributed by atoms with E-state index in [4.69, 9.17) is 5.73 Å². The zero-order chi connectivity index (χ0) is 14.4. The minimum Gasteiger partial charge on any atom is -0.397 e. The Bertz CT molecular complexity index is 431. The molecule has 1 saturated heterocycles. The molecule has 3 N–H and O–H groups in total. The average molecular weight is 275 g/mol. The van der Waals surface area contributed by atoms with E-state index < -0.39 is 0 Å². The van der Waals surface area contributed by atoms with Gasteiger partial charge < -0.3 is 11.1 Å². The molecule has 0 aliphatic carbocycles. The summed E-state index contributed by atoms with van der Waals surface area (Å²) in [5, 5.41) is 2.96. The van der Waals surface area contributed by atoms with E-state index >= 15 is 0 Å². The van der Waals surface area contributed by atoms with Crippen molar-refractivity contribution in [2.75, 3.05) is 30.7 Å². The van der Waals surface area contributed by atoms with Crippen LogP contribution in [0.25, 0.3) is 0 Å².